The van der Waals surface area contributed by atoms with Gasteiger partial charge in [-0.15, -0.1) is 0 Å². The van der Waals surface area contributed by atoms with E-state index in [2.05, 4.69) is 34.4 Å². The summed E-state index contributed by atoms with van der Waals surface area (Å²) in [5.41, 5.74) is 4.26. The summed E-state index contributed by atoms with van der Waals surface area (Å²) in [6.07, 6.45) is -7.75. The molecule has 1 aliphatic heterocycles. The zero-order chi connectivity index (χ0) is 46.5. The molecule has 352 valence electrons. The molecule has 34 heteroatoms. The Morgan fingerprint density at radius 1 is 0.968 bits per heavy atom. The number of Topliss-reactive ketones (excluding diaryl/α,β-unsaturated/α-hetero) is 1. The van der Waals surface area contributed by atoms with Crippen LogP contribution in [0, 0.1) is 5.41 Å². The number of phosphoric acid groups is 3. The number of nitrogen functional groups attached to an aromatic ring is 1. The van der Waals surface area contributed by atoms with Crippen molar-refractivity contribution < 1.29 is 111 Å². The van der Waals surface area contributed by atoms with Gasteiger partial charge in [0, 0.05) is 44.0 Å². The van der Waals surface area contributed by atoms with Crippen LogP contribution in [0.5, 0.6) is 0 Å². The fourth-order valence-electron chi connectivity index (χ4n) is 4.65. The Labute approximate surface area is 353 Å². The summed E-state index contributed by atoms with van der Waals surface area (Å²) >= 11 is 1.03. The van der Waals surface area contributed by atoms with E-state index in [9.17, 15) is 72.2 Å². The smallest absolute Gasteiger partial charge is 0.481 e. The number of phosphoric ester groups is 3. The van der Waals surface area contributed by atoms with Gasteiger partial charge in [-0.1, -0.05) is 25.6 Å². The number of ketones is 1. The number of carboxylic acid groups (broad SMARTS) is 2. The van der Waals surface area contributed by atoms with Crippen LogP contribution in [0.2, 0.25) is 0 Å². The molecule has 0 saturated carbocycles. The van der Waals surface area contributed by atoms with Crippen LogP contribution in [0.3, 0.4) is 0 Å². The summed E-state index contributed by atoms with van der Waals surface area (Å²) in [5, 5.41) is 42.0. The third kappa shape index (κ3) is 18.9. The van der Waals surface area contributed by atoms with E-state index in [4.69, 9.17) is 29.7 Å². The maximum atomic E-state index is 12.6. The minimum absolute atomic E-state index is 0. The van der Waals surface area contributed by atoms with Gasteiger partial charge in [-0.25, -0.2) is 33.4 Å². The number of imidazole rings is 1. The summed E-state index contributed by atoms with van der Waals surface area (Å²) in [6, 6.07) is 0. The molecule has 2 amide bonds. The number of carboxylic acids is 2. The van der Waals surface area contributed by atoms with Crippen LogP contribution in [0.25, 0.3) is 11.2 Å². The van der Waals surface area contributed by atoms with Crippen molar-refractivity contribution in [3.8, 4) is 0 Å². The third-order valence-corrected chi connectivity index (χ3v) is 11.5. The van der Waals surface area contributed by atoms with Gasteiger partial charge in [0.15, 0.2) is 22.8 Å². The van der Waals surface area contributed by atoms with E-state index in [0.29, 0.717) is 5.75 Å². The number of carbonyl (C=O) groups excluding carboxylic acids is 4. The zero-order valence-corrected chi connectivity index (χ0v) is 36.1. The molecule has 30 nitrogen and oxygen atoms in total. The molecule has 0 aromatic carbocycles. The van der Waals surface area contributed by atoms with E-state index in [1.54, 1.807) is 0 Å². The molecule has 1 fully saturated rings. The number of aliphatic hydroxyl groups is 2. The van der Waals surface area contributed by atoms with Crippen molar-refractivity contribution in [3.05, 3.63) is 12.7 Å². The molecule has 14 N–H and O–H groups in total. The van der Waals surface area contributed by atoms with Crippen molar-refractivity contribution in [3.63, 3.8) is 0 Å². The number of nitrogens with zero attached hydrogens (tertiary/aromatic N) is 4. The van der Waals surface area contributed by atoms with E-state index in [1.807, 2.05) is 0 Å². The molecule has 0 aliphatic carbocycles. The first-order valence-corrected chi connectivity index (χ1v) is 22.6. The molecule has 1 aliphatic rings. The summed E-state index contributed by atoms with van der Waals surface area (Å²) in [5.74, 6) is -4.91. The number of aromatic nitrogens is 4. The molecule has 2 unspecified atom stereocenters. The minimum atomic E-state index is -5.56. The molecule has 3 rings (SSSR count). The number of rotatable bonds is 23. The molecular formula is C28H46N7O23P3S. The van der Waals surface area contributed by atoms with Gasteiger partial charge in [-0.3, -0.25) is 42.1 Å². The molecule has 2 aromatic rings. The summed E-state index contributed by atoms with van der Waals surface area (Å²) in [4.78, 5) is 116. The second-order valence-corrected chi connectivity index (χ2v) is 18.5. The van der Waals surface area contributed by atoms with Gasteiger partial charge in [0.05, 0.1) is 26.0 Å². The first-order valence-electron chi connectivity index (χ1n) is 17.1. The number of amides is 2. The van der Waals surface area contributed by atoms with Gasteiger partial charge in [0.1, 0.15) is 36.3 Å². The normalized spacial score (nSPS) is 20.0. The van der Waals surface area contributed by atoms with E-state index in [0.717, 1.165) is 29.0 Å². The number of fused-ring (bicyclic) bond motifs is 1. The highest BCUT2D eigenvalue weighted by molar-refractivity contribution is 8.13. The lowest BCUT2D eigenvalue weighted by Gasteiger charge is -2.30. The van der Waals surface area contributed by atoms with Crippen molar-refractivity contribution in [1.82, 2.24) is 30.2 Å². The summed E-state index contributed by atoms with van der Waals surface area (Å²) in [7, 11) is -16.4. The van der Waals surface area contributed by atoms with Crippen LogP contribution >= 0.6 is 35.2 Å². The first kappa shape index (κ1) is 56.1. The van der Waals surface area contributed by atoms with E-state index < -0.39 is 115 Å². The number of carbonyl (C=O) groups is 6. The Morgan fingerprint density at radius 3 is 2.18 bits per heavy atom. The highest BCUT2D eigenvalue weighted by Gasteiger charge is 2.50. The highest BCUT2D eigenvalue weighted by Crippen LogP contribution is 2.61. The minimum Gasteiger partial charge on any atom is -0.481 e. The van der Waals surface area contributed by atoms with Crippen molar-refractivity contribution in [2.45, 2.75) is 70.7 Å². The maximum absolute atomic E-state index is 12.6. The van der Waals surface area contributed by atoms with E-state index in [-0.39, 0.29) is 47.1 Å². The van der Waals surface area contributed by atoms with Crippen molar-refractivity contribution in [1.29, 1.82) is 0 Å². The Balaban J connectivity index is 0.00000155. The number of hydrogen-bond acceptors (Lipinski definition) is 21. The predicted octanol–water partition coefficient (Wildman–Crippen LogP) is -2.64. The second kappa shape index (κ2) is 24.3. The molecule has 7 atom stereocenters. The Morgan fingerprint density at radius 2 is 1.60 bits per heavy atom. The number of thioether (sulfide) groups is 1. The fourth-order valence-corrected chi connectivity index (χ4v) is 7.97. The third-order valence-electron chi connectivity index (χ3n) is 7.61. The molecule has 2 aromatic heterocycles. The fraction of sp³-hybridized carbons (Fsp3) is 0.607. The van der Waals surface area contributed by atoms with Gasteiger partial charge in [-0.2, -0.15) is 4.31 Å². The average molecular weight is 974 g/mol. The van der Waals surface area contributed by atoms with Gasteiger partial charge in [0.25, 0.3) is 0 Å². The molecule has 3 heterocycles. The zero-order valence-electron chi connectivity index (χ0n) is 32.6. The highest BCUT2D eigenvalue weighted by atomic mass is 32.2. The van der Waals surface area contributed by atoms with Crippen LogP contribution < -0.4 is 16.4 Å². The maximum Gasteiger partial charge on any atom is 0.481 e. The molecule has 0 spiro atoms. The Kier molecular flexibility index (Phi) is 22.0. The number of ether oxygens (including phenoxy) is 1. The van der Waals surface area contributed by atoms with Crippen LogP contribution in [0.1, 0.15) is 46.3 Å². The van der Waals surface area contributed by atoms with E-state index >= 15 is 0 Å². The molecular weight excluding hydrogens is 927 g/mol. The lowest BCUT2D eigenvalue weighted by molar-refractivity contribution is -0.149. The number of anilines is 1. The van der Waals surface area contributed by atoms with Crippen LogP contribution in [-0.4, -0.2) is 156 Å². The molecule has 0 radical (unpaired) electrons. The predicted molar refractivity (Wildman–Crippen MR) is 206 cm³/mol. The molecule has 0 bridgehead atoms. The Bertz CT molecular complexity index is 2050. The van der Waals surface area contributed by atoms with Crippen molar-refractivity contribution in [2.75, 3.05) is 37.8 Å². The standard InChI is InChI=1S/C23H38N7O17P3S.C5H6O5.H2O/c1-12(31)51-7-6-25-14(32)4-5-26-21(35)18(34)23(2,3)9-44-50(41,42)47-49(39,40)43-8-13-17(46-48(36,37)38)16(33)22(45-13)30-11-29-15-19(24)27-10-28-20(15)30;6-3(5(9)10)1-2-4(7)8;/h10-11,13,16-18,22,33-34H,4-9H2,1-3H3,(H,25,32)(H,26,35)(H,39,40)(H,41,42)(H2,24,27,28)(H2,36,37,38);1-2H2,(H,7,8)(H,9,10);1H2/t13-,16-,17-,18+,22-;;/m1../s1. The topological polar surface area (TPSA) is 487 Å². The van der Waals surface area contributed by atoms with Gasteiger partial charge >= 0.3 is 35.4 Å². The lowest BCUT2D eigenvalue weighted by Crippen LogP contribution is -2.46. The lowest BCUT2D eigenvalue weighted by atomic mass is 9.87. The largest absolute Gasteiger partial charge is 0.481 e. The average Bonchev–Trinajstić information content (AvgIpc) is 3.70. The molecule has 62 heavy (non-hydrogen) atoms. The monoisotopic (exact) mass is 973 g/mol. The van der Waals surface area contributed by atoms with Gasteiger partial charge < -0.3 is 66.6 Å². The van der Waals surface area contributed by atoms with Gasteiger partial charge in [-0.05, 0) is 0 Å². The van der Waals surface area contributed by atoms with Crippen molar-refractivity contribution in [2.24, 2.45) is 5.41 Å². The van der Waals surface area contributed by atoms with E-state index in [1.165, 1.54) is 20.8 Å². The summed E-state index contributed by atoms with van der Waals surface area (Å²) in [6.45, 7) is 1.90. The number of nitrogens with two attached hydrogens (primary N) is 1. The quantitative estimate of drug-likeness (QED) is 0.0308. The number of hydrogen-bond donors (Lipinski definition) is 11. The van der Waals surface area contributed by atoms with Gasteiger partial charge in [0.2, 0.25) is 17.6 Å². The number of nitrogens with one attached hydrogen (secondary N) is 2. The first-order chi connectivity index (χ1) is 28.1. The van der Waals surface area contributed by atoms with Crippen LogP contribution in [-0.2, 0) is 65.1 Å². The number of aliphatic hydroxyl groups excluding tert-OH is 2. The molecule has 1 saturated heterocycles. The Hall–Kier alpha value is -3.87. The van der Waals surface area contributed by atoms with Crippen molar-refractivity contribution >= 4 is 86.9 Å². The van der Waals surface area contributed by atoms with Crippen LogP contribution in [0.15, 0.2) is 12.7 Å². The van der Waals surface area contributed by atoms with Crippen LogP contribution in [0.4, 0.5) is 5.82 Å². The SMILES string of the molecule is CC(=O)SCCNC(=O)CCNC(=O)[C@H](O)C(C)(C)COP(=O)(O)OP(=O)(O)OC[C@H]1O[C@@H](n2cnc3c(N)ncnc32)[C@H](O)[C@@H]1OP(=O)(O)O.O.O=C(O)CCC(=O)C(=O)O. The number of aliphatic carboxylic acids is 2. The second-order valence-electron chi connectivity index (χ2n) is 13.0. The summed E-state index contributed by atoms with van der Waals surface area (Å²) < 4.78 is 61.8.